The summed E-state index contributed by atoms with van der Waals surface area (Å²) in [5.41, 5.74) is 1.61. The molecule has 5 rings (SSSR count). The molecule has 1 saturated heterocycles. The van der Waals surface area contributed by atoms with Crippen LogP contribution >= 0.6 is 0 Å². The van der Waals surface area contributed by atoms with E-state index < -0.39 is 11.4 Å². The molecule has 0 atom stereocenters. The minimum atomic E-state index is -0.638. The fraction of sp³-hybridized carbons (Fsp3) is 0.500. The zero-order valence-electron chi connectivity index (χ0n) is 22.5. The molecule has 10 heteroatoms. The molecule has 0 saturated carbocycles. The number of pyridine rings is 1. The summed E-state index contributed by atoms with van der Waals surface area (Å²) in [6.45, 7) is 8.10. The van der Waals surface area contributed by atoms with Gasteiger partial charge in [-0.15, -0.1) is 0 Å². The zero-order valence-corrected chi connectivity index (χ0v) is 22.5. The predicted molar refractivity (Wildman–Crippen MR) is 145 cm³/mol. The summed E-state index contributed by atoms with van der Waals surface area (Å²) in [4.78, 5) is 28.9. The highest BCUT2D eigenvalue weighted by Gasteiger charge is 2.28. The number of benzene rings is 1. The molecule has 0 spiro atoms. The van der Waals surface area contributed by atoms with E-state index >= 15 is 4.39 Å². The Balaban J connectivity index is 1.44. The lowest BCUT2D eigenvalue weighted by Crippen LogP contribution is -2.39. The first kappa shape index (κ1) is 26.2. The highest BCUT2D eigenvalue weighted by atomic mass is 19.1. The van der Waals surface area contributed by atoms with Crippen molar-refractivity contribution in [2.45, 2.75) is 45.1 Å². The van der Waals surface area contributed by atoms with Crippen molar-refractivity contribution >= 4 is 21.9 Å². The summed E-state index contributed by atoms with van der Waals surface area (Å²) >= 11 is 0. The molecule has 0 bridgehead atoms. The molecule has 202 valence electrons. The van der Waals surface area contributed by atoms with E-state index in [0.717, 1.165) is 26.1 Å². The summed E-state index contributed by atoms with van der Waals surface area (Å²) in [5.74, 6) is -0.0503. The zero-order chi connectivity index (χ0) is 26.9. The standard InChI is InChI=1S/C28H35FN6O3/c1-28(2,18-37-4)35-26-20-13-19(21(29)14-22(20)30-16-24(26)33(3)27(35)36)23-15-32-25(17-31-23)38-12-8-11-34-9-6-5-7-10-34/h13-17H,5-12,18H2,1-4H3. The van der Waals surface area contributed by atoms with Gasteiger partial charge >= 0.3 is 5.69 Å². The van der Waals surface area contributed by atoms with Gasteiger partial charge in [-0.2, -0.15) is 0 Å². The minimum absolute atomic E-state index is 0.191. The second-order valence-corrected chi connectivity index (χ2v) is 10.6. The number of hydrogen-bond donors (Lipinski definition) is 0. The van der Waals surface area contributed by atoms with E-state index in [-0.39, 0.29) is 11.3 Å². The molecule has 1 aromatic carbocycles. The van der Waals surface area contributed by atoms with Gasteiger partial charge in [0.15, 0.2) is 0 Å². The Bertz CT molecular complexity index is 1490. The van der Waals surface area contributed by atoms with Crippen molar-refractivity contribution in [3.05, 3.63) is 47.0 Å². The molecule has 0 N–H and O–H groups in total. The van der Waals surface area contributed by atoms with Crippen LogP contribution in [0.4, 0.5) is 4.39 Å². The van der Waals surface area contributed by atoms with E-state index in [1.807, 2.05) is 13.8 Å². The second kappa shape index (κ2) is 10.8. The number of aromatic nitrogens is 5. The van der Waals surface area contributed by atoms with E-state index in [0.29, 0.717) is 46.7 Å². The van der Waals surface area contributed by atoms with Gasteiger partial charge in [-0.1, -0.05) is 6.42 Å². The molecule has 0 aliphatic carbocycles. The average Bonchev–Trinajstić information content (AvgIpc) is 3.18. The van der Waals surface area contributed by atoms with Crippen LogP contribution < -0.4 is 10.4 Å². The largest absolute Gasteiger partial charge is 0.477 e. The molecular formula is C28H35FN6O3. The van der Waals surface area contributed by atoms with Gasteiger partial charge in [-0.3, -0.25) is 14.1 Å². The minimum Gasteiger partial charge on any atom is -0.477 e. The number of rotatable bonds is 9. The molecule has 0 unspecified atom stereocenters. The highest BCUT2D eigenvalue weighted by molar-refractivity contribution is 6.04. The highest BCUT2D eigenvalue weighted by Crippen LogP contribution is 2.32. The molecule has 9 nitrogen and oxygen atoms in total. The van der Waals surface area contributed by atoms with Crippen LogP contribution in [0.2, 0.25) is 0 Å². The smallest absolute Gasteiger partial charge is 0.329 e. The van der Waals surface area contributed by atoms with Crippen LogP contribution in [0, 0.1) is 5.82 Å². The number of piperidine rings is 1. The molecule has 4 aromatic rings. The first-order chi connectivity index (χ1) is 18.3. The first-order valence-corrected chi connectivity index (χ1v) is 13.2. The van der Waals surface area contributed by atoms with Crippen LogP contribution in [0.5, 0.6) is 5.88 Å². The number of ether oxygens (including phenoxy) is 2. The van der Waals surface area contributed by atoms with Crippen molar-refractivity contribution in [1.29, 1.82) is 0 Å². The third-order valence-corrected chi connectivity index (χ3v) is 7.30. The third-order valence-electron chi connectivity index (χ3n) is 7.30. The number of fused-ring (bicyclic) bond motifs is 3. The van der Waals surface area contributed by atoms with Gasteiger partial charge in [0.1, 0.15) is 5.82 Å². The lowest BCUT2D eigenvalue weighted by molar-refractivity contribution is 0.110. The second-order valence-electron chi connectivity index (χ2n) is 10.6. The van der Waals surface area contributed by atoms with Crippen molar-refractivity contribution < 1.29 is 13.9 Å². The quantitative estimate of drug-likeness (QED) is 0.306. The number of likely N-dealkylation sites (tertiary alicyclic amines) is 1. The van der Waals surface area contributed by atoms with Crippen LogP contribution in [0.1, 0.15) is 39.5 Å². The number of nitrogens with zero attached hydrogens (tertiary/aromatic N) is 6. The number of aryl methyl sites for hydroxylation is 1. The monoisotopic (exact) mass is 522 g/mol. The Morgan fingerprint density at radius 2 is 1.84 bits per heavy atom. The Labute approximate surface area is 221 Å². The van der Waals surface area contributed by atoms with Crippen molar-refractivity contribution in [3.8, 4) is 17.1 Å². The normalized spacial score (nSPS) is 15.0. The lowest BCUT2D eigenvalue weighted by Gasteiger charge is -2.26. The summed E-state index contributed by atoms with van der Waals surface area (Å²) in [7, 11) is 3.31. The first-order valence-electron chi connectivity index (χ1n) is 13.2. The summed E-state index contributed by atoms with van der Waals surface area (Å²) < 4.78 is 29.7. The van der Waals surface area contributed by atoms with Crippen LogP contribution in [0.25, 0.3) is 33.2 Å². The molecule has 0 radical (unpaired) electrons. The summed E-state index contributed by atoms with van der Waals surface area (Å²) in [6.07, 6.45) is 9.44. The molecule has 1 fully saturated rings. The number of halogens is 1. The van der Waals surface area contributed by atoms with Gasteiger partial charge < -0.3 is 14.4 Å². The van der Waals surface area contributed by atoms with E-state index in [1.54, 1.807) is 35.6 Å². The predicted octanol–water partition coefficient (Wildman–Crippen LogP) is 4.12. The molecule has 3 aromatic heterocycles. The maximum absolute atomic E-state index is 15.2. The lowest BCUT2D eigenvalue weighted by atomic mass is 10.0. The van der Waals surface area contributed by atoms with Crippen molar-refractivity contribution in [3.63, 3.8) is 0 Å². The van der Waals surface area contributed by atoms with Crippen molar-refractivity contribution in [2.24, 2.45) is 7.05 Å². The number of methoxy groups -OCH3 is 1. The summed E-state index contributed by atoms with van der Waals surface area (Å²) in [5, 5.41) is 0.653. The van der Waals surface area contributed by atoms with Gasteiger partial charge in [-0.05, 0) is 52.3 Å². The van der Waals surface area contributed by atoms with E-state index in [2.05, 4.69) is 19.9 Å². The van der Waals surface area contributed by atoms with Crippen LogP contribution in [-0.2, 0) is 17.3 Å². The molecule has 0 amide bonds. The van der Waals surface area contributed by atoms with Gasteiger partial charge in [0.2, 0.25) is 5.88 Å². The molecular weight excluding hydrogens is 487 g/mol. The Morgan fingerprint density at radius 1 is 1.05 bits per heavy atom. The molecule has 1 aliphatic heterocycles. The molecule has 1 aliphatic rings. The van der Waals surface area contributed by atoms with E-state index in [4.69, 9.17) is 9.47 Å². The number of imidazole rings is 1. The van der Waals surface area contributed by atoms with Crippen molar-refractivity contribution in [1.82, 2.24) is 29.0 Å². The molecule has 4 heterocycles. The fourth-order valence-electron chi connectivity index (χ4n) is 5.37. The van der Waals surface area contributed by atoms with Crippen molar-refractivity contribution in [2.75, 3.05) is 40.0 Å². The molecule has 38 heavy (non-hydrogen) atoms. The van der Waals surface area contributed by atoms with Crippen LogP contribution in [-0.4, -0.2) is 68.9 Å². The van der Waals surface area contributed by atoms with Gasteiger partial charge in [0, 0.05) is 37.7 Å². The maximum atomic E-state index is 15.2. The van der Waals surface area contributed by atoms with Crippen LogP contribution in [0.15, 0.2) is 35.5 Å². The third kappa shape index (κ3) is 5.02. The van der Waals surface area contributed by atoms with E-state index in [1.165, 1.54) is 37.7 Å². The van der Waals surface area contributed by atoms with E-state index in [9.17, 15) is 4.79 Å². The average molecular weight is 523 g/mol. The number of hydrogen-bond acceptors (Lipinski definition) is 7. The van der Waals surface area contributed by atoms with Gasteiger partial charge in [-0.25, -0.2) is 19.2 Å². The summed E-state index contributed by atoms with van der Waals surface area (Å²) in [6, 6.07) is 3.07. The van der Waals surface area contributed by atoms with Crippen LogP contribution in [0.3, 0.4) is 0 Å². The Kier molecular flexibility index (Phi) is 7.45. The van der Waals surface area contributed by atoms with Gasteiger partial charge in [0.05, 0.1) is 59.6 Å². The Hall–Kier alpha value is -3.37. The maximum Gasteiger partial charge on any atom is 0.329 e. The Morgan fingerprint density at radius 3 is 2.55 bits per heavy atom. The SMILES string of the molecule is COCC(C)(C)n1c(=O)n(C)c2cnc3cc(F)c(-c4cnc(OCCCN5CCCCC5)cn4)cc3c21. The van der Waals surface area contributed by atoms with Gasteiger partial charge in [0.25, 0.3) is 0 Å². The fourth-order valence-corrected chi connectivity index (χ4v) is 5.37. The topological polar surface area (TPSA) is 87.3 Å².